The Morgan fingerprint density at radius 2 is 1.90 bits per heavy atom. The monoisotopic (exact) mass is 425 g/mol. The lowest BCUT2D eigenvalue weighted by Gasteiger charge is -2.38. The Bertz CT molecular complexity index is 905. The quantitative estimate of drug-likeness (QED) is 0.711. The van der Waals surface area contributed by atoms with Crippen molar-refractivity contribution in [2.45, 2.75) is 45.6 Å². The summed E-state index contributed by atoms with van der Waals surface area (Å²) in [5, 5.41) is 4.22. The van der Waals surface area contributed by atoms with Crippen molar-refractivity contribution in [2.24, 2.45) is 5.41 Å². The predicted octanol–water partition coefficient (Wildman–Crippen LogP) is 3.15. The maximum atomic E-state index is 13.7. The first-order valence-electron chi connectivity index (χ1n) is 11.2. The standard InChI is InChI=1S/C24H31N3O4/c1-3-30-20-9-12-26(13-10-20)23(29)24(11-14-27(17-24)18(2)28)16-21-15-22(25-31-21)19-7-5-4-6-8-19/h4-8,15,20H,3,9-14,16-17H2,1-2H3/t24-/m0/s1. The molecule has 0 unspecified atom stereocenters. The van der Waals surface area contributed by atoms with E-state index in [0.29, 0.717) is 51.4 Å². The Kier molecular flexibility index (Phi) is 6.41. The molecule has 0 aliphatic carbocycles. The van der Waals surface area contributed by atoms with Crippen LogP contribution in [0.1, 0.15) is 38.9 Å². The molecule has 1 aromatic heterocycles. The molecule has 0 spiro atoms. The smallest absolute Gasteiger partial charge is 0.231 e. The fourth-order valence-corrected chi connectivity index (χ4v) is 4.81. The Balaban J connectivity index is 1.53. The van der Waals surface area contributed by atoms with E-state index in [4.69, 9.17) is 9.26 Å². The van der Waals surface area contributed by atoms with Crippen LogP contribution >= 0.6 is 0 Å². The molecule has 0 radical (unpaired) electrons. The first-order valence-corrected chi connectivity index (χ1v) is 11.2. The van der Waals surface area contributed by atoms with Crippen LogP contribution in [0.5, 0.6) is 0 Å². The van der Waals surface area contributed by atoms with Crippen molar-refractivity contribution in [1.29, 1.82) is 0 Å². The molecule has 31 heavy (non-hydrogen) atoms. The molecule has 3 heterocycles. The van der Waals surface area contributed by atoms with E-state index in [2.05, 4.69) is 5.16 Å². The normalized spacial score (nSPS) is 22.1. The fourth-order valence-electron chi connectivity index (χ4n) is 4.81. The largest absolute Gasteiger partial charge is 0.378 e. The number of hydrogen-bond acceptors (Lipinski definition) is 5. The van der Waals surface area contributed by atoms with Gasteiger partial charge in [-0.25, -0.2) is 0 Å². The second-order valence-corrected chi connectivity index (χ2v) is 8.64. The molecule has 2 aliphatic heterocycles. The highest BCUT2D eigenvalue weighted by atomic mass is 16.5. The number of amides is 2. The highest BCUT2D eigenvalue weighted by Crippen LogP contribution is 2.38. The van der Waals surface area contributed by atoms with Crippen LogP contribution in [0.4, 0.5) is 0 Å². The van der Waals surface area contributed by atoms with E-state index < -0.39 is 5.41 Å². The zero-order chi connectivity index (χ0) is 21.8. The molecule has 2 aromatic rings. The lowest BCUT2D eigenvalue weighted by atomic mass is 9.80. The first kappa shape index (κ1) is 21.6. The van der Waals surface area contributed by atoms with Gasteiger partial charge >= 0.3 is 0 Å². The summed E-state index contributed by atoms with van der Waals surface area (Å²) in [7, 11) is 0. The summed E-state index contributed by atoms with van der Waals surface area (Å²) >= 11 is 0. The van der Waals surface area contributed by atoms with Crippen molar-refractivity contribution in [3.05, 3.63) is 42.2 Å². The Hall–Kier alpha value is -2.67. The zero-order valence-corrected chi connectivity index (χ0v) is 18.4. The Labute approximate surface area is 183 Å². The number of piperidine rings is 1. The van der Waals surface area contributed by atoms with Gasteiger partial charge in [0.05, 0.1) is 11.5 Å². The lowest BCUT2D eigenvalue weighted by Crippen LogP contribution is -2.50. The van der Waals surface area contributed by atoms with Gasteiger partial charge in [0.1, 0.15) is 11.5 Å². The number of rotatable bonds is 6. The van der Waals surface area contributed by atoms with Gasteiger partial charge in [0, 0.05) is 57.8 Å². The highest BCUT2D eigenvalue weighted by Gasteiger charge is 2.48. The third-order valence-corrected chi connectivity index (χ3v) is 6.53. The number of likely N-dealkylation sites (tertiary alicyclic amines) is 2. The predicted molar refractivity (Wildman–Crippen MR) is 116 cm³/mol. The molecule has 7 nitrogen and oxygen atoms in total. The van der Waals surface area contributed by atoms with Crippen LogP contribution < -0.4 is 0 Å². The molecule has 0 saturated carbocycles. The van der Waals surface area contributed by atoms with Gasteiger partial charge in [-0.3, -0.25) is 9.59 Å². The Morgan fingerprint density at radius 3 is 2.55 bits per heavy atom. The minimum Gasteiger partial charge on any atom is -0.378 e. The summed E-state index contributed by atoms with van der Waals surface area (Å²) < 4.78 is 11.4. The van der Waals surface area contributed by atoms with Gasteiger partial charge in [-0.15, -0.1) is 0 Å². The molecule has 166 valence electrons. The zero-order valence-electron chi connectivity index (χ0n) is 18.4. The third-order valence-electron chi connectivity index (χ3n) is 6.53. The molecular weight excluding hydrogens is 394 g/mol. The van der Waals surface area contributed by atoms with E-state index in [9.17, 15) is 9.59 Å². The fraction of sp³-hybridized carbons (Fsp3) is 0.542. The number of ether oxygens (including phenoxy) is 1. The molecule has 0 bridgehead atoms. The highest BCUT2D eigenvalue weighted by molar-refractivity contribution is 5.85. The molecule has 7 heteroatoms. The third kappa shape index (κ3) is 4.66. The topological polar surface area (TPSA) is 75.9 Å². The van der Waals surface area contributed by atoms with E-state index in [0.717, 1.165) is 24.1 Å². The van der Waals surface area contributed by atoms with Gasteiger partial charge in [0.15, 0.2) is 0 Å². The maximum absolute atomic E-state index is 13.7. The molecule has 1 atom stereocenters. The van der Waals surface area contributed by atoms with Crippen molar-refractivity contribution in [3.8, 4) is 11.3 Å². The van der Waals surface area contributed by atoms with Crippen LogP contribution in [0, 0.1) is 5.41 Å². The van der Waals surface area contributed by atoms with Crippen LogP contribution in [0.2, 0.25) is 0 Å². The summed E-state index contributed by atoms with van der Waals surface area (Å²) in [6.45, 7) is 6.67. The van der Waals surface area contributed by atoms with Crippen molar-refractivity contribution < 1.29 is 18.8 Å². The molecule has 2 fully saturated rings. The second-order valence-electron chi connectivity index (χ2n) is 8.64. The second kappa shape index (κ2) is 9.22. The summed E-state index contributed by atoms with van der Waals surface area (Å²) in [6, 6.07) is 11.8. The SMILES string of the molecule is CCOC1CCN(C(=O)[C@]2(Cc3cc(-c4ccccc4)no3)CCN(C(C)=O)C2)CC1. The maximum Gasteiger partial charge on any atom is 0.231 e. The number of benzene rings is 1. The Morgan fingerprint density at radius 1 is 1.16 bits per heavy atom. The molecule has 2 amide bonds. The van der Waals surface area contributed by atoms with Crippen molar-refractivity contribution >= 4 is 11.8 Å². The van der Waals surface area contributed by atoms with Crippen molar-refractivity contribution in [2.75, 3.05) is 32.8 Å². The minimum absolute atomic E-state index is 0.00673. The van der Waals surface area contributed by atoms with Crippen LogP contribution in [-0.2, 0) is 20.7 Å². The molecule has 0 N–H and O–H groups in total. The van der Waals surface area contributed by atoms with E-state index in [1.54, 1.807) is 11.8 Å². The van der Waals surface area contributed by atoms with E-state index in [-0.39, 0.29) is 17.9 Å². The minimum atomic E-state index is -0.669. The van der Waals surface area contributed by atoms with E-state index in [1.165, 1.54) is 0 Å². The number of nitrogens with zero attached hydrogens (tertiary/aromatic N) is 3. The van der Waals surface area contributed by atoms with Crippen LogP contribution in [0.25, 0.3) is 11.3 Å². The van der Waals surface area contributed by atoms with Crippen molar-refractivity contribution in [3.63, 3.8) is 0 Å². The van der Waals surface area contributed by atoms with Crippen LogP contribution in [0.3, 0.4) is 0 Å². The average molecular weight is 426 g/mol. The lowest BCUT2D eigenvalue weighted by molar-refractivity contribution is -0.144. The molecule has 2 aliphatic rings. The van der Waals surface area contributed by atoms with Crippen LogP contribution in [-0.4, -0.2) is 65.7 Å². The average Bonchev–Trinajstić information content (AvgIpc) is 3.43. The van der Waals surface area contributed by atoms with Crippen LogP contribution in [0.15, 0.2) is 40.9 Å². The van der Waals surface area contributed by atoms with E-state index in [1.807, 2.05) is 48.2 Å². The van der Waals surface area contributed by atoms with Gasteiger partial charge < -0.3 is 19.1 Å². The van der Waals surface area contributed by atoms with Gasteiger partial charge in [-0.2, -0.15) is 0 Å². The summed E-state index contributed by atoms with van der Waals surface area (Å²) in [4.78, 5) is 29.5. The summed E-state index contributed by atoms with van der Waals surface area (Å²) in [6.07, 6.45) is 3.02. The van der Waals surface area contributed by atoms with Gasteiger partial charge in [-0.05, 0) is 26.2 Å². The van der Waals surface area contributed by atoms with Gasteiger partial charge in [0.2, 0.25) is 11.8 Å². The number of hydrogen-bond donors (Lipinski definition) is 0. The molecule has 2 saturated heterocycles. The van der Waals surface area contributed by atoms with Gasteiger partial charge in [-0.1, -0.05) is 35.5 Å². The number of aromatic nitrogens is 1. The van der Waals surface area contributed by atoms with E-state index >= 15 is 0 Å². The molecule has 1 aromatic carbocycles. The van der Waals surface area contributed by atoms with Gasteiger partial charge in [0.25, 0.3) is 0 Å². The molecular formula is C24H31N3O4. The summed E-state index contributed by atoms with van der Waals surface area (Å²) in [5.74, 6) is 0.804. The molecule has 4 rings (SSSR count). The summed E-state index contributed by atoms with van der Waals surface area (Å²) in [5.41, 5.74) is 1.07. The number of carbonyl (C=O) groups is 2. The van der Waals surface area contributed by atoms with Crippen molar-refractivity contribution in [1.82, 2.24) is 15.0 Å². The number of carbonyl (C=O) groups excluding carboxylic acids is 2. The first-order chi connectivity index (χ1) is 15.0.